The first-order valence-electron chi connectivity index (χ1n) is 3.10. The molecule has 0 spiro atoms. The van der Waals surface area contributed by atoms with Crippen molar-refractivity contribution in [3.8, 4) is 5.88 Å². The number of ether oxygens (including phenoxy) is 1. The van der Waals surface area contributed by atoms with E-state index in [1.165, 1.54) is 0 Å². The van der Waals surface area contributed by atoms with Crippen LogP contribution in [0, 0.1) is 5.82 Å². The van der Waals surface area contributed by atoms with Gasteiger partial charge >= 0.3 is 10.2 Å². The summed E-state index contributed by atoms with van der Waals surface area (Å²) in [5.41, 5.74) is 0. The Hall–Kier alpha value is -1.24. The highest BCUT2D eigenvalue weighted by Gasteiger charge is 2.21. The van der Waals surface area contributed by atoms with E-state index < -0.39 is 26.8 Å². The second kappa shape index (κ2) is 3.25. The van der Waals surface area contributed by atoms with E-state index >= 15 is 0 Å². The van der Waals surface area contributed by atoms with E-state index in [9.17, 15) is 16.7 Å². The zero-order chi connectivity index (χ0) is 10.1. The summed E-state index contributed by atoms with van der Waals surface area (Å²) in [5, 5.41) is 0. The Morgan fingerprint density at radius 3 is 2.62 bits per heavy atom. The van der Waals surface area contributed by atoms with Gasteiger partial charge in [0.2, 0.25) is 5.82 Å². The minimum atomic E-state index is -5.06. The van der Waals surface area contributed by atoms with Crippen molar-refractivity contribution in [1.29, 1.82) is 0 Å². The van der Waals surface area contributed by atoms with E-state index in [0.29, 0.717) is 6.07 Å². The molecule has 1 rings (SSSR count). The molecule has 13 heavy (non-hydrogen) atoms. The number of aromatic nitrogens is 1. The number of halogens is 2. The van der Waals surface area contributed by atoms with Crippen LogP contribution in [-0.4, -0.2) is 20.5 Å². The number of rotatable bonds is 2. The maximum Gasteiger partial charge on any atom is 0.335 e. The van der Waals surface area contributed by atoms with Gasteiger partial charge in [0, 0.05) is 6.20 Å². The fourth-order valence-electron chi connectivity index (χ4n) is 0.739. The molecule has 0 atom stereocenters. The maximum atomic E-state index is 13.0. The summed E-state index contributed by atoms with van der Waals surface area (Å²) in [5.74, 6) is -1.88. The van der Waals surface area contributed by atoms with Gasteiger partial charge in [-0.3, -0.25) is 0 Å². The van der Waals surface area contributed by atoms with Gasteiger partial charge in [0.15, 0.2) is 0 Å². The lowest BCUT2D eigenvalue weighted by Gasteiger charge is -2.01. The summed E-state index contributed by atoms with van der Waals surface area (Å²) >= 11 is 0. The van der Waals surface area contributed by atoms with Gasteiger partial charge in [-0.25, -0.2) is 4.98 Å². The lowest BCUT2D eigenvalue weighted by molar-refractivity contribution is 0.362. The molecule has 0 fully saturated rings. The van der Waals surface area contributed by atoms with Gasteiger partial charge < -0.3 is 4.74 Å². The summed E-state index contributed by atoms with van der Waals surface area (Å²) < 4.78 is 50.3. The summed E-state index contributed by atoms with van der Waals surface area (Å²) in [4.78, 5) is 2.27. The molecule has 0 N–H and O–H groups in total. The molecule has 0 unspecified atom stereocenters. The summed E-state index contributed by atoms with van der Waals surface area (Å²) in [6.07, 6.45) is 0.939. The van der Waals surface area contributed by atoms with E-state index in [1.54, 1.807) is 0 Å². The molecule has 0 radical (unpaired) electrons. The highest BCUT2D eigenvalue weighted by molar-refractivity contribution is 7.86. The van der Waals surface area contributed by atoms with Gasteiger partial charge in [-0.05, 0) is 6.07 Å². The van der Waals surface area contributed by atoms with Crippen LogP contribution in [0.5, 0.6) is 5.88 Å². The number of hydrogen-bond donors (Lipinski definition) is 0. The van der Waals surface area contributed by atoms with Crippen LogP contribution in [-0.2, 0) is 10.2 Å². The van der Waals surface area contributed by atoms with Gasteiger partial charge in [0.05, 0.1) is 7.11 Å². The van der Waals surface area contributed by atoms with Gasteiger partial charge in [0.25, 0.3) is 5.88 Å². The van der Waals surface area contributed by atoms with Crippen LogP contribution in [0.25, 0.3) is 0 Å². The van der Waals surface area contributed by atoms with Crippen molar-refractivity contribution in [1.82, 2.24) is 4.98 Å². The molecule has 0 bridgehead atoms. The number of methoxy groups -OCH3 is 1. The van der Waals surface area contributed by atoms with Gasteiger partial charge in [-0.15, -0.1) is 3.89 Å². The summed E-state index contributed by atoms with van der Waals surface area (Å²) in [6, 6.07) is 0.715. The molecule has 4 nitrogen and oxygen atoms in total. The Morgan fingerprint density at radius 2 is 2.15 bits per heavy atom. The van der Waals surface area contributed by atoms with Gasteiger partial charge in [-0.1, -0.05) is 0 Å². The van der Waals surface area contributed by atoms with E-state index in [2.05, 4.69) is 9.72 Å². The largest absolute Gasteiger partial charge is 0.479 e. The minimum absolute atomic E-state index is 0.557. The van der Waals surface area contributed by atoms with E-state index in [0.717, 1.165) is 13.3 Å². The zero-order valence-corrected chi connectivity index (χ0v) is 7.31. The second-order valence-electron chi connectivity index (χ2n) is 2.07. The molecular weight excluding hydrogens is 204 g/mol. The maximum absolute atomic E-state index is 13.0. The Kier molecular flexibility index (Phi) is 2.46. The van der Waals surface area contributed by atoms with Crippen LogP contribution in [0.2, 0.25) is 0 Å². The number of pyridine rings is 1. The first-order valence-corrected chi connectivity index (χ1v) is 4.48. The van der Waals surface area contributed by atoms with Crippen molar-refractivity contribution < 1.29 is 21.4 Å². The third-order valence-electron chi connectivity index (χ3n) is 1.28. The molecular formula is C6H5F2NO3S. The molecule has 7 heteroatoms. The van der Waals surface area contributed by atoms with E-state index in [1.807, 2.05) is 0 Å². The monoisotopic (exact) mass is 209 g/mol. The smallest absolute Gasteiger partial charge is 0.335 e. The first-order chi connectivity index (χ1) is 5.96. The third-order valence-corrected chi connectivity index (χ3v) is 2.12. The van der Waals surface area contributed by atoms with Crippen molar-refractivity contribution in [2.24, 2.45) is 0 Å². The lowest BCUT2D eigenvalue weighted by Crippen LogP contribution is -2.00. The van der Waals surface area contributed by atoms with Crippen LogP contribution in [0.3, 0.4) is 0 Å². The zero-order valence-electron chi connectivity index (χ0n) is 6.49. The highest BCUT2D eigenvalue weighted by Crippen LogP contribution is 2.22. The first kappa shape index (κ1) is 9.85. The molecule has 0 aliphatic carbocycles. The molecule has 0 aliphatic heterocycles. The van der Waals surface area contributed by atoms with Crippen LogP contribution >= 0.6 is 0 Å². The predicted molar refractivity (Wildman–Crippen MR) is 39.0 cm³/mol. The number of nitrogens with zero attached hydrogens (tertiary/aromatic N) is 1. The molecule has 1 aromatic rings. The average Bonchev–Trinajstić information content (AvgIpc) is 2.02. The van der Waals surface area contributed by atoms with Gasteiger partial charge in [0.1, 0.15) is 4.90 Å². The van der Waals surface area contributed by atoms with Gasteiger partial charge in [-0.2, -0.15) is 12.8 Å². The van der Waals surface area contributed by atoms with Crippen molar-refractivity contribution >= 4 is 10.2 Å². The highest BCUT2D eigenvalue weighted by atomic mass is 32.3. The molecule has 72 valence electrons. The standard InChI is InChI=1S/C6H5F2NO3S/c1-12-6-5(7)4(2-3-9-6)13(8,10)11/h2-3H,1H3. The Bertz CT molecular complexity index is 418. The summed E-state index contributed by atoms with van der Waals surface area (Å²) in [6.45, 7) is 0. The molecule has 1 heterocycles. The van der Waals surface area contributed by atoms with Crippen molar-refractivity contribution in [3.05, 3.63) is 18.1 Å². The van der Waals surface area contributed by atoms with Crippen molar-refractivity contribution in [2.45, 2.75) is 4.90 Å². The molecule has 0 saturated carbocycles. The SMILES string of the molecule is COc1nccc(S(=O)(=O)F)c1F. The lowest BCUT2D eigenvalue weighted by atomic mass is 10.4. The van der Waals surface area contributed by atoms with Crippen molar-refractivity contribution in [3.63, 3.8) is 0 Å². The molecule has 0 amide bonds. The second-order valence-corrected chi connectivity index (χ2v) is 3.39. The number of hydrogen-bond acceptors (Lipinski definition) is 4. The van der Waals surface area contributed by atoms with Crippen LogP contribution in [0.1, 0.15) is 0 Å². The molecule has 1 aromatic heterocycles. The quantitative estimate of drug-likeness (QED) is 0.678. The molecule has 0 aliphatic rings. The van der Waals surface area contributed by atoms with Crippen LogP contribution < -0.4 is 4.74 Å². The Morgan fingerprint density at radius 1 is 1.54 bits per heavy atom. The minimum Gasteiger partial charge on any atom is -0.479 e. The predicted octanol–water partition coefficient (Wildman–Crippen LogP) is 0.887. The Balaban J connectivity index is 3.41. The molecule has 0 aromatic carbocycles. The Labute approximate surface area is 73.4 Å². The average molecular weight is 209 g/mol. The summed E-state index contributed by atoms with van der Waals surface area (Å²) in [7, 11) is -3.96. The molecule has 0 saturated heterocycles. The normalized spacial score (nSPS) is 11.3. The fourth-order valence-corrected chi connectivity index (χ4v) is 1.26. The van der Waals surface area contributed by atoms with Crippen LogP contribution in [0.15, 0.2) is 17.2 Å². The van der Waals surface area contributed by atoms with E-state index in [4.69, 9.17) is 0 Å². The topological polar surface area (TPSA) is 56.3 Å². The fraction of sp³-hybridized carbons (Fsp3) is 0.167. The van der Waals surface area contributed by atoms with Crippen LogP contribution in [0.4, 0.5) is 8.28 Å². The third kappa shape index (κ3) is 1.92. The van der Waals surface area contributed by atoms with Crippen molar-refractivity contribution in [2.75, 3.05) is 7.11 Å². The van der Waals surface area contributed by atoms with E-state index in [-0.39, 0.29) is 0 Å².